The number of halogens is 3. The highest BCUT2D eigenvalue weighted by atomic mass is 32.2. The lowest BCUT2D eigenvalue weighted by atomic mass is 9.82. The lowest BCUT2D eigenvalue weighted by molar-refractivity contribution is -0.274. The largest absolute Gasteiger partial charge is 0.573 e. The zero-order chi connectivity index (χ0) is 26.6. The van der Waals surface area contributed by atoms with Crippen molar-refractivity contribution >= 4 is 41.1 Å². The number of hydrogen-bond acceptors (Lipinski definition) is 9. The smallest absolute Gasteiger partial charge is 0.406 e. The minimum atomic E-state index is -4.83. The van der Waals surface area contributed by atoms with Crippen LogP contribution in [0.2, 0.25) is 0 Å². The fourth-order valence-electron chi connectivity index (χ4n) is 4.76. The Kier molecular flexibility index (Phi) is 6.62. The first-order valence-corrected chi connectivity index (χ1v) is 14.4. The summed E-state index contributed by atoms with van der Waals surface area (Å²) in [6, 6.07) is 4.93. The van der Waals surface area contributed by atoms with Gasteiger partial charge in [-0.3, -0.25) is 0 Å². The molecule has 0 spiro atoms. The first kappa shape index (κ1) is 26.5. The fourth-order valence-corrected chi connectivity index (χ4v) is 7.20. The highest BCUT2D eigenvalue weighted by Gasteiger charge is 2.51. The number of aromatic nitrogens is 2. The SMILES string of the molecule is O=C(N1CCS(=O)(=O)CC1)N1C[C@@](S)(c2ccc(OC(F)(F)F)cc2)C[C@@](S)(c2nc(C3CC3)no2)C1. The van der Waals surface area contributed by atoms with Gasteiger partial charge >= 0.3 is 12.4 Å². The molecule has 2 amide bonds. The topological polar surface area (TPSA) is 106 Å². The van der Waals surface area contributed by atoms with Crippen LogP contribution in [0.5, 0.6) is 5.75 Å². The molecular formula is C22H25F3N4O5S3. The van der Waals surface area contributed by atoms with Gasteiger partial charge in [0.2, 0.25) is 5.89 Å². The van der Waals surface area contributed by atoms with Crippen LogP contribution in [-0.2, 0) is 19.3 Å². The van der Waals surface area contributed by atoms with Crippen LogP contribution in [0.1, 0.15) is 42.5 Å². The summed E-state index contributed by atoms with van der Waals surface area (Å²) < 4.78 is 69.0. The van der Waals surface area contributed by atoms with Gasteiger partial charge in [0.15, 0.2) is 15.7 Å². The van der Waals surface area contributed by atoms with Gasteiger partial charge in [-0.25, -0.2) is 13.2 Å². The van der Waals surface area contributed by atoms with Gasteiger partial charge in [0, 0.05) is 32.1 Å². The van der Waals surface area contributed by atoms with Crippen molar-refractivity contribution in [2.75, 3.05) is 37.7 Å². The summed E-state index contributed by atoms with van der Waals surface area (Å²) in [6.07, 6.45) is -2.67. The molecule has 5 rings (SSSR count). The molecule has 0 bridgehead atoms. The van der Waals surface area contributed by atoms with Gasteiger partial charge in [-0.1, -0.05) is 17.3 Å². The van der Waals surface area contributed by atoms with E-state index in [1.165, 1.54) is 34.1 Å². The molecule has 1 saturated carbocycles. The zero-order valence-electron chi connectivity index (χ0n) is 19.5. The number of urea groups is 1. The number of likely N-dealkylation sites (tertiary alicyclic amines) is 1. The highest BCUT2D eigenvalue weighted by Crippen LogP contribution is 2.49. The van der Waals surface area contributed by atoms with E-state index in [4.69, 9.17) is 29.8 Å². The van der Waals surface area contributed by atoms with Crippen LogP contribution in [0.4, 0.5) is 18.0 Å². The maximum atomic E-state index is 13.5. The van der Waals surface area contributed by atoms with Crippen LogP contribution in [-0.4, -0.2) is 78.4 Å². The summed E-state index contributed by atoms with van der Waals surface area (Å²) in [4.78, 5) is 21.0. The van der Waals surface area contributed by atoms with Crippen LogP contribution < -0.4 is 4.74 Å². The summed E-state index contributed by atoms with van der Waals surface area (Å²) in [5.74, 6) is 0.403. The lowest BCUT2D eigenvalue weighted by Crippen LogP contribution is -2.59. The molecule has 0 unspecified atom stereocenters. The molecule has 1 aliphatic carbocycles. The van der Waals surface area contributed by atoms with E-state index in [0.29, 0.717) is 11.4 Å². The number of ether oxygens (including phenoxy) is 1. The van der Waals surface area contributed by atoms with Crippen molar-refractivity contribution < 1.29 is 35.6 Å². The number of carbonyl (C=O) groups excluding carboxylic acids is 1. The molecule has 15 heteroatoms. The molecule has 3 fully saturated rings. The van der Waals surface area contributed by atoms with Crippen molar-refractivity contribution in [3.05, 3.63) is 41.5 Å². The van der Waals surface area contributed by atoms with Crippen molar-refractivity contribution in [2.45, 2.75) is 41.0 Å². The van der Waals surface area contributed by atoms with E-state index in [1.54, 1.807) is 0 Å². The Morgan fingerprint density at radius 3 is 2.27 bits per heavy atom. The predicted molar refractivity (Wildman–Crippen MR) is 133 cm³/mol. The maximum absolute atomic E-state index is 13.5. The molecule has 9 nitrogen and oxygen atoms in total. The quantitative estimate of drug-likeness (QED) is 0.536. The third kappa shape index (κ3) is 5.82. The molecule has 202 valence electrons. The Bertz CT molecular complexity index is 1270. The standard InChI is InChI=1S/C22H25F3N4O5S3/c23-22(24,25)33-16-5-3-15(4-6-16)20(35)11-21(36,18-26-17(27-34-18)14-1-2-14)13-29(12-20)19(30)28-7-9-37(31,32)10-8-28/h3-6,14,35-36H,1-2,7-13H2/t20-,21+/m1/s1. The molecule has 0 radical (unpaired) electrons. The summed E-state index contributed by atoms with van der Waals surface area (Å²) in [5, 5.41) is 4.08. The first-order valence-electron chi connectivity index (χ1n) is 11.6. The van der Waals surface area contributed by atoms with Gasteiger partial charge in [0.25, 0.3) is 0 Å². The second-order valence-corrected chi connectivity index (χ2v) is 13.8. The molecular weight excluding hydrogens is 553 g/mol. The van der Waals surface area contributed by atoms with Crippen LogP contribution in [0.25, 0.3) is 0 Å². The van der Waals surface area contributed by atoms with E-state index >= 15 is 0 Å². The van der Waals surface area contributed by atoms with E-state index in [-0.39, 0.29) is 67.7 Å². The third-order valence-electron chi connectivity index (χ3n) is 6.78. The van der Waals surface area contributed by atoms with Gasteiger partial charge in [0.05, 0.1) is 16.3 Å². The number of amides is 2. The Morgan fingerprint density at radius 1 is 1.05 bits per heavy atom. The number of alkyl halides is 3. The molecule has 1 aromatic heterocycles. The Hall–Kier alpha value is -2.13. The predicted octanol–water partition coefficient (Wildman–Crippen LogP) is 3.35. The van der Waals surface area contributed by atoms with E-state index in [1.807, 2.05) is 0 Å². The average Bonchev–Trinajstić information content (AvgIpc) is 3.53. The minimum absolute atomic E-state index is 0.0622. The molecule has 3 heterocycles. The number of benzene rings is 1. The Balaban J connectivity index is 1.45. The number of hydrogen-bond donors (Lipinski definition) is 2. The molecule has 2 aliphatic heterocycles. The van der Waals surface area contributed by atoms with Gasteiger partial charge in [-0.05, 0) is 37.0 Å². The normalized spacial score (nSPS) is 28.2. The van der Waals surface area contributed by atoms with Crippen LogP contribution in [0.15, 0.2) is 28.8 Å². The monoisotopic (exact) mass is 578 g/mol. The van der Waals surface area contributed by atoms with E-state index in [2.05, 4.69) is 14.9 Å². The van der Waals surface area contributed by atoms with Gasteiger partial charge in [-0.2, -0.15) is 30.2 Å². The second kappa shape index (κ2) is 9.26. The summed E-state index contributed by atoms with van der Waals surface area (Å²) >= 11 is 9.82. The number of thiol groups is 2. The van der Waals surface area contributed by atoms with Crippen LogP contribution in [0, 0.1) is 0 Å². The fraction of sp³-hybridized carbons (Fsp3) is 0.591. The third-order valence-corrected chi connectivity index (χ3v) is 9.44. The molecule has 2 saturated heterocycles. The highest BCUT2D eigenvalue weighted by molar-refractivity contribution is 7.91. The Morgan fingerprint density at radius 2 is 1.68 bits per heavy atom. The van der Waals surface area contributed by atoms with Crippen molar-refractivity contribution in [1.82, 2.24) is 19.9 Å². The molecule has 0 N–H and O–H groups in total. The Labute approximate surface area is 222 Å². The number of carbonyl (C=O) groups is 1. The van der Waals surface area contributed by atoms with Crippen molar-refractivity contribution in [1.29, 1.82) is 0 Å². The van der Waals surface area contributed by atoms with E-state index in [9.17, 15) is 26.4 Å². The number of sulfone groups is 1. The number of nitrogens with zero attached hydrogens (tertiary/aromatic N) is 4. The number of piperidine rings is 1. The van der Waals surface area contributed by atoms with Gasteiger partial charge in [-0.15, -0.1) is 13.2 Å². The zero-order valence-corrected chi connectivity index (χ0v) is 22.1. The van der Waals surface area contributed by atoms with Crippen molar-refractivity contribution in [2.24, 2.45) is 0 Å². The molecule has 2 aromatic rings. The molecule has 3 aliphatic rings. The van der Waals surface area contributed by atoms with Crippen LogP contribution in [0.3, 0.4) is 0 Å². The van der Waals surface area contributed by atoms with Crippen molar-refractivity contribution in [3.8, 4) is 5.75 Å². The lowest BCUT2D eigenvalue weighted by Gasteiger charge is -2.48. The van der Waals surface area contributed by atoms with E-state index in [0.717, 1.165) is 12.8 Å². The van der Waals surface area contributed by atoms with E-state index < -0.39 is 25.7 Å². The average molecular weight is 579 g/mol. The van der Waals surface area contributed by atoms with Gasteiger partial charge in [0.1, 0.15) is 10.5 Å². The summed E-state index contributed by atoms with van der Waals surface area (Å²) in [6.45, 7) is 0.324. The first-order chi connectivity index (χ1) is 17.3. The minimum Gasteiger partial charge on any atom is -0.406 e. The molecule has 2 atom stereocenters. The molecule has 37 heavy (non-hydrogen) atoms. The summed E-state index contributed by atoms with van der Waals surface area (Å²) in [7, 11) is -3.20. The van der Waals surface area contributed by atoms with Crippen LogP contribution >= 0.6 is 25.3 Å². The molecule has 1 aromatic carbocycles. The van der Waals surface area contributed by atoms with Gasteiger partial charge < -0.3 is 19.1 Å². The second-order valence-electron chi connectivity index (χ2n) is 9.82. The van der Waals surface area contributed by atoms with Crippen molar-refractivity contribution in [3.63, 3.8) is 0 Å². The number of rotatable bonds is 4. The maximum Gasteiger partial charge on any atom is 0.573 e. The summed E-state index contributed by atoms with van der Waals surface area (Å²) in [5.41, 5.74) is 0.546.